The van der Waals surface area contributed by atoms with Crippen molar-refractivity contribution in [2.24, 2.45) is 0 Å². The van der Waals surface area contributed by atoms with Crippen LogP contribution in [0.5, 0.6) is 0 Å². The quantitative estimate of drug-likeness (QED) is 0.392. The standard InChI is InChI=1S/C14H11Br3NO/c15-14(16,17)13-8-4-5-9-18(13)10-12(19)11-6-2-1-3-7-11/h1-9H,10H2/q+1. The zero-order chi connectivity index (χ0) is 13.9. The monoisotopic (exact) mass is 446 g/mol. The highest BCUT2D eigenvalue weighted by molar-refractivity contribution is 9.38. The van der Waals surface area contributed by atoms with E-state index in [4.69, 9.17) is 0 Å². The lowest BCUT2D eigenvalue weighted by Gasteiger charge is -2.11. The fourth-order valence-electron chi connectivity index (χ4n) is 1.74. The van der Waals surface area contributed by atoms with Gasteiger partial charge in [-0.3, -0.25) is 4.79 Å². The van der Waals surface area contributed by atoms with Gasteiger partial charge in [0.1, 0.15) is 0 Å². The minimum atomic E-state index is -0.536. The van der Waals surface area contributed by atoms with Gasteiger partial charge in [0.15, 0.2) is 6.20 Å². The van der Waals surface area contributed by atoms with Gasteiger partial charge in [-0.05, 0) is 53.9 Å². The van der Waals surface area contributed by atoms with Crippen molar-refractivity contribution in [1.82, 2.24) is 0 Å². The minimum absolute atomic E-state index is 0.0785. The van der Waals surface area contributed by atoms with Crippen molar-refractivity contribution in [3.05, 3.63) is 66.0 Å². The third kappa shape index (κ3) is 3.97. The first-order valence-corrected chi connectivity index (χ1v) is 8.00. The molecule has 98 valence electrons. The third-order valence-corrected chi connectivity index (χ3v) is 3.86. The summed E-state index contributed by atoms with van der Waals surface area (Å²) in [5, 5.41) is 0. The first-order valence-electron chi connectivity index (χ1n) is 5.62. The molecule has 0 saturated carbocycles. The molecule has 2 rings (SSSR count). The molecule has 0 N–H and O–H groups in total. The molecule has 0 radical (unpaired) electrons. The van der Waals surface area contributed by atoms with Gasteiger partial charge >= 0.3 is 0 Å². The van der Waals surface area contributed by atoms with Gasteiger partial charge in [-0.25, -0.2) is 0 Å². The Morgan fingerprint density at radius 3 is 2.26 bits per heavy atom. The van der Waals surface area contributed by atoms with Crippen LogP contribution in [0.1, 0.15) is 16.1 Å². The van der Waals surface area contributed by atoms with Crippen LogP contribution in [-0.2, 0) is 8.69 Å². The zero-order valence-corrected chi connectivity index (χ0v) is 14.7. The molecule has 0 aliphatic carbocycles. The van der Waals surface area contributed by atoms with Gasteiger partial charge in [0.25, 0.3) is 0 Å². The van der Waals surface area contributed by atoms with Gasteiger partial charge in [0.2, 0.25) is 20.2 Å². The van der Waals surface area contributed by atoms with Crippen LogP contribution in [0.25, 0.3) is 0 Å². The van der Waals surface area contributed by atoms with Gasteiger partial charge in [0.05, 0.1) is 0 Å². The number of hydrogen-bond donors (Lipinski definition) is 0. The fraction of sp³-hybridized carbons (Fsp3) is 0.143. The van der Waals surface area contributed by atoms with Crippen LogP contribution in [0.4, 0.5) is 0 Å². The first-order chi connectivity index (χ1) is 8.98. The van der Waals surface area contributed by atoms with E-state index in [1.165, 1.54) is 0 Å². The summed E-state index contributed by atoms with van der Waals surface area (Å²) >= 11 is 10.5. The maximum atomic E-state index is 12.2. The summed E-state index contributed by atoms with van der Waals surface area (Å²) in [6.45, 7) is 0.296. The highest BCUT2D eigenvalue weighted by Gasteiger charge is 2.31. The number of alkyl halides is 3. The van der Waals surface area contributed by atoms with E-state index in [0.29, 0.717) is 12.1 Å². The second-order valence-corrected chi connectivity index (χ2v) is 10.8. The van der Waals surface area contributed by atoms with Crippen LogP contribution >= 0.6 is 47.8 Å². The number of aromatic nitrogens is 1. The zero-order valence-electron chi connectivity index (χ0n) is 9.89. The third-order valence-electron chi connectivity index (χ3n) is 2.64. The number of halogens is 3. The van der Waals surface area contributed by atoms with Crippen molar-refractivity contribution >= 4 is 53.6 Å². The maximum absolute atomic E-state index is 12.2. The van der Waals surface area contributed by atoms with Crippen molar-refractivity contribution in [3.8, 4) is 0 Å². The van der Waals surface area contributed by atoms with Crippen LogP contribution in [0, 0.1) is 0 Å². The van der Waals surface area contributed by atoms with Gasteiger partial charge in [-0.2, -0.15) is 4.57 Å². The van der Waals surface area contributed by atoms with Gasteiger partial charge < -0.3 is 0 Å². The van der Waals surface area contributed by atoms with E-state index < -0.39 is 2.14 Å². The molecule has 0 bridgehead atoms. The fourth-order valence-corrected chi connectivity index (χ4v) is 2.82. The molecule has 0 amide bonds. The summed E-state index contributed by atoms with van der Waals surface area (Å²) < 4.78 is 1.36. The second kappa shape index (κ2) is 6.29. The van der Waals surface area contributed by atoms with Crippen LogP contribution in [0.15, 0.2) is 54.7 Å². The molecule has 0 aliphatic heterocycles. The molecule has 0 unspecified atom stereocenters. The van der Waals surface area contributed by atoms with E-state index in [2.05, 4.69) is 47.8 Å². The molecule has 1 aromatic heterocycles. The summed E-state index contributed by atoms with van der Waals surface area (Å²) in [6, 6.07) is 15.1. The number of Topliss-reactive ketones (excluding diaryl/α,β-unsaturated/α-hetero) is 1. The van der Waals surface area contributed by atoms with Crippen molar-refractivity contribution < 1.29 is 9.36 Å². The van der Waals surface area contributed by atoms with Gasteiger partial charge in [0, 0.05) is 17.7 Å². The van der Waals surface area contributed by atoms with E-state index in [9.17, 15) is 4.79 Å². The number of hydrogen-bond acceptors (Lipinski definition) is 1. The number of carbonyl (C=O) groups is 1. The molecular weight excluding hydrogens is 438 g/mol. The van der Waals surface area contributed by atoms with E-state index in [1.54, 1.807) is 0 Å². The first kappa shape index (κ1) is 14.9. The van der Waals surface area contributed by atoms with Gasteiger partial charge in [-0.1, -0.05) is 30.3 Å². The van der Waals surface area contributed by atoms with E-state index >= 15 is 0 Å². The molecule has 0 atom stereocenters. The molecule has 0 aliphatic rings. The average molecular weight is 449 g/mol. The number of nitrogens with zero attached hydrogens (tertiary/aromatic N) is 1. The Labute approximate surface area is 137 Å². The molecule has 2 aromatic rings. The Hall–Kier alpha value is -0.520. The number of rotatable bonds is 3. The molecule has 1 heterocycles. The van der Waals surface area contributed by atoms with Gasteiger partial charge in [-0.15, -0.1) is 0 Å². The molecule has 1 aromatic carbocycles. The lowest BCUT2D eigenvalue weighted by molar-refractivity contribution is -0.690. The maximum Gasteiger partial charge on any atom is 0.227 e. The van der Waals surface area contributed by atoms with Crippen molar-refractivity contribution in [2.45, 2.75) is 8.69 Å². The largest absolute Gasteiger partial charge is 0.287 e. The average Bonchev–Trinajstić information content (AvgIpc) is 2.39. The number of carbonyl (C=O) groups excluding carboxylic acids is 1. The lowest BCUT2D eigenvalue weighted by Crippen LogP contribution is -2.43. The number of ketones is 1. The van der Waals surface area contributed by atoms with Crippen molar-refractivity contribution in [2.75, 3.05) is 0 Å². The SMILES string of the molecule is O=C(C[n+]1ccccc1C(Br)(Br)Br)c1ccccc1. The Balaban J connectivity index is 2.28. The van der Waals surface area contributed by atoms with Crippen LogP contribution in [0.3, 0.4) is 0 Å². The lowest BCUT2D eigenvalue weighted by atomic mass is 10.1. The molecule has 0 fully saturated rings. The Kier molecular flexibility index (Phi) is 4.92. The predicted octanol–water partition coefficient (Wildman–Crippen LogP) is 4.15. The highest BCUT2D eigenvalue weighted by atomic mass is 80.0. The second-order valence-electron chi connectivity index (χ2n) is 4.00. The van der Waals surface area contributed by atoms with E-state index in [1.807, 2.05) is 59.3 Å². The summed E-state index contributed by atoms with van der Waals surface area (Å²) in [4.78, 5) is 12.2. The Morgan fingerprint density at radius 2 is 1.63 bits per heavy atom. The molecular formula is C14H11Br3NO+. The summed E-state index contributed by atoms with van der Waals surface area (Å²) in [5.41, 5.74) is 1.63. The van der Waals surface area contributed by atoms with Crippen LogP contribution < -0.4 is 4.57 Å². The molecule has 0 spiro atoms. The summed E-state index contributed by atoms with van der Waals surface area (Å²) in [5.74, 6) is 0.0785. The Morgan fingerprint density at radius 1 is 1.00 bits per heavy atom. The number of benzene rings is 1. The van der Waals surface area contributed by atoms with E-state index in [0.717, 1.165) is 5.69 Å². The predicted molar refractivity (Wildman–Crippen MR) is 85.9 cm³/mol. The smallest absolute Gasteiger partial charge is 0.227 e. The molecule has 5 heteroatoms. The molecule has 2 nitrogen and oxygen atoms in total. The van der Waals surface area contributed by atoms with Crippen molar-refractivity contribution in [3.63, 3.8) is 0 Å². The topological polar surface area (TPSA) is 20.9 Å². The normalized spacial score (nSPS) is 11.3. The molecule has 19 heavy (non-hydrogen) atoms. The highest BCUT2D eigenvalue weighted by Crippen LogP contribution is 2.42. The number of pyridine rings is 1. The Bertz CT molecular complexity index is 579. The van der Waals surface area contributed by atoms with E-state index in [-0.39, 0.29) is 5.78 Å². The summed E-state index contributed by atoms with van der Waals surface area (Å²) in [7, 11) is 0. The summed E-state index contributed by atoms with van der Waals surface area (Å²) in [6.07, 6.45) is 1.88. The van der Waals surface area contributed by atoms with Crippen LogP contribution in [-0.4, -0.2) is 5.78 Å². The molecule has 0 saturated heterocycles. The van der Waals surface area contributed by atoms with Crippen molar-refractivity contribution in [1.29, 1.82) is 0 Å². The van der Waals surface area contributed by atoms with Crippen LogP contribution in [0.2, 0.25) is 0 Å². The minimum Gasteiger partial charge on any atom is -0.287 e.